The summed E-state index contributed by atoms with van der Waals surface area (Å²) in [5.74, 6) is -0.161. The summed E-state index contributed by atoms with van der Waals surface area (Å²) in [7, 11) is 2.07. The Bertz CT molecular complexity index is 340. The van der Waals surface area contributed by atoms with Crippen LogP contribution in [0.5, 0.6) is 0 Å². The molecule has 0 unspecified atom stereocenters. The van der Waals surface area contributed by atoms with Gasteiger partial charge in [-0.25, -0.2) is 4.39 Å². The van der Waals surface area contributed by atoms with E-state index in [1.807, 2.05) is 6.07 Å². The van der Waals surface area contributed by atoms with Gasteiger partial charge in [-0.15, -0.1) is 12.4 Å². The van der Waals surface area contributed by atoms with E-state index in [0.29, 0.717) is 12.1 Å². The van der Waals surface area contributed by atoms with E-state index in [4.69, 9.17) is 5.73 Å². The van der Waals surface area contributed by atoms with Gasteiger partial charge in [0.05, 0.1) is 0 Å². The van der Waals surface area contributed by atoms with E-state index in [-0.39, 0.29) is 18.2 Å². The number of nitrogens with two attached hydrogens (primary N) is 1. The van der Waals surface area contributed by atoms with Crippen LogP contribution in [0.3, 0.4) is 0 Å². The highest BCUT2D eigenvalue weighted by Crippen LogP contribution is 2.24. The number of benzene rings is 1. The number of rotatable bonds is 3. The molecule has 1 aromatic rings. The molecule has 4 heteroatoms. The van der Waals surface area contributed by atoms with E-state index < -0.39 is 0 Å². The van der Waals surface area contributed by atoms with Gasteiger partial charge in [-0.1, -0.05) is 12.1 Å². The quantitative estimate of drug-likeness (QED) is 0.883. The second-order valence-electron chi connectivity index (χ2n) is 4.43. The van der Waals surface area contributed by atoms with Crippen molar-refractivity contribution in [3.05, 3.63) is 35.6 Å². The third kappa shape index (κ3) is 3.17. The lowest BCUT2D eigenvalue weighted by Gasteiger charge is -2.39. The van der Waals surface area contributed by atoms with Gasteiger partial charge in [0.15, 0.2) is 0 Å². The molecule has 2 N–H and O–H groups in total. The Kier molecular flexibility index (Phi) is 4.71. The van der Waals surface area contributed by atoms with Crippen molar-refractivity contribution < 1.29 is 4.39 Å². The largest absolute Gasteiger partial charge is 0.328 e. The Morgan fingerprint density at radius 2 is 2.12 bits per heavy atom. The van der Waals surface area contributed by atoms with Crippen LogP contribution in [0.1, 0.15) is 18.4 Å². The first-order valence-electron chi connectivity index (χ1n) is 5.35. The minimum atomic E-state index is -0.161. The van der Waals surface area contributed by atoms with Crippen LogP contribution in [0.4, 0.5) is 4.39 Å². The highest BCUT2D eigenvalue weighted by atomic mass is 35.5. The Balaban J connectivity index is 0.00000128. The molecule has 0 bridgehead atoms. The molecule has 0 radical (unpaired) electrons. The van der Waals surface area contributed by atoms with Crippen molar-refractivity contribution in [2.24, 2.45) is 5.73 Å². The van der Waals surface area contributed by atoms with Gasteiger partial charge in [0.1, 0.15) is 5.82 Å². The average molecular weight is 245 g/mol. The first-order chi connectivity index (χ1) is 7.15. The van der Waals surface area contributed by atoms with E-state index in [1.54, 1.807) is 12.1 Å². The Morgan fingerprint density at radius 3 is 2.69 bits per heavy atom. The zero-order valence-corrected chi connectivity index (χ0v) is 10.2. The van der Waals surface area contributed by atoms with Crippen molar-refractivity contribution in [1.82, 2.24) is 4.90 Å². The summed E-state index contributed by atoms with van der Waals surface area (Å²) in [4.78, 5) is 2.25. The van der Waals surface area contributed by atoms with Gasteiger partial charge in [0, 0.05) is 18.6 Å². The summed E-state index contributed by atoms with van der Waals surface area (Å²) >= 11 is 0. The summed E-state index contributed by atoms with van der Waals surface area (Å²) in [5, 5.41) is 0. The van der Waals surface area contributed by atoms with Crippen molar-refractivity contribution in [2.45, 2.75) is 31.5 Å². The van der Waals surface area contributed by atoms with E-state index in [9.17, 15) is 4.39 Å². The molecule has 1 saturated carbocycles. The second-order valence-corrected chi connectivity index (χ2v) is 4.43. The molecule has 0 atom stereocenters. The molecule has 2 rings (SSSR count). The fourth-order valence-corrected chi connectivity index (χ4v) is 2.04. The maximum Gasteiger partial charge on any atom is 0.123 e. The third-order valence-electron chi connectivity index (χ3n) is 3.09. The van der Waals surface area contributed by atoms with Gasteiger partial charge in [-0.05, 0) is 37.6 Å². The molecule has 16 heavy (non-hydrogen) atoms. The normalized spacial score (nSPS) is 23.8. The van der Waals surface area contributed by atoms with Gasteiger partial charge >= 0.3 is 0 Å². The first kappa shape index (κ1) is 13.4. The summed E-state index contributed by atoms with van der Waals surface area (Å²) in [6.45, 7) is 0.801. The molecular weight excluding hydrogens is 227 g/mol. The lowest BCUT2D eigenvalue weighted by molar-refractivity contribution is 0.132. The van der Waals surface area contributed by atoms with Crippen molar-refractivity contribution in [1.29, 1.82) is 0 Å². The minimum absolute atomic E-state index is 0. The van der Waals surface area contributed by atoms with Crippen LogP contribution in [-0.2, 0) is 6.54 Å². The maximum atomic E-state index is 12.9. The molecule has 0 heterocycles. The fourth-order valence-electron chi connectivity index (χ4n) is 2.04. The Morgan fingerprint density at radius 1 is 1.44 bits per heavy atom. The highest BCUT2D eigenvalue weighted by molar-refractivity contribution is 5.85. The Labute approximate surface area is 102 Å². The SMILES string of the molecule is CN(Cc1cccc(F)c1)C1CC(N)C1.Cl. The number of halogens is 2. The van der Waals surface area contributed by atoms with Gasteiger partial charge in [-0.3, -0.25) is 4.90 Å². The van der Waals surface area contributed by atoms with Crippen molar-refractivity contribution in [2.75, 3.05) is 7.05 Å². The smallest absolute Gasteiger partial charge is 0.123 e. The molecular formula is C12H18ClFN2. The minimum Gasteiger partial charge on any atom is -0.328 e. The van der Waals surface area contributed by atoms with Crippen molar-refractivity contribution >= 4 is 12.4 Å². The standard InChI is InChI=1S/C12H17FN2.ClH/c1-15(12-6-11(14)7-12)8-9-3-2-4-10(13)5-9;/h2-5,11-12H,6-8,14H2,1H3;1H. The highest BCUT2D eigenvalue weighted by Gasteiger charge is 2.28. The second kappa shape index (κ2) is 5.62. The van der Waals surface area contributed by atoms with E-state index in [1.165, 1.54) is 6.07 Å². The van der Waals surface area contributed by atoms with E-state index in [0.717, 1.165) is 24.9 Å². The van der Waals surface area contributed by atoms with E-state index >= 15 is 0 Å². The van der Waals surface area contributed by atoms with Crippen LogP contribution in [0, 0.1) is 5.82 Å². The molecule has 1 aliphatic carbocycles. The number of hydrogen-bond acceptors (Lipinski definition) is 2. The monoisotopic (exact) mass is 244 g/mol. The van der Waals surface area contributed by atoms with Gasteiger partial charge < -0.3 is 5.73 Å². The molecule has 0 spiro atoms. The summed E-state index contributed by atoms with van der Waals surface area (Å²) in [6, 6.07) is 7.72. The lowest BCUT2D eigenvalue weighted by Crippen LogP contribution is -2.48. The Hall–Kier alpha value is -0.640. The molecule has 90 valence electrons. The first-order valence-corrected chi connectivity index (χ1v) is 5.35. The van der Waals surface area contributed by atoms with Gasteiger partial charge in [0.25, 0.3) is 0 Å². The summed E-state index contributed by atoms with van der Waals surface area (Å²) in [5.41, 5.74) is 6.76. The van der Waals surface area contributed by atoms with Crippen molar-refractivity contribution in [3.63, 3.8) is 0 Å². The summed E-state index contributed by atoms with van der Waals surface area (Å²) in [6.07, 6.45) is 2.12. The molecule has 0 saturated heterocycles. The number of nitrogens with zero attached hydrogens (tertiary/aromatic N) is 1. The molecule has 1 aromatic carbocycles. The molecule has 2 nitrogen and oxygen atoms in total. The molecule has 0 amide bonds. The van der Waals surface area contributed by atoms with Gasteiger partial charge in [-0.2, -0.15) is 0 Å². The molecule has 0 aromatic heterocycles. The van der Waals surface area contributed by atoms with E-state index in [2.05, 4.69) is 11.9 Å². The molecule has 1 aliphatic rings. The number of hydrogen-bond donors (Lipinski definition) is 1. The summed E-state index contributed by atoms with van der Waals surface area (Å²) < 4.78 is 12.9. The predicted octanol–water partition coefficient (Wildman–Crippen LogP) is 2.17. The van der Waals surface area contributed by atoms with Crippen LogP contribution < -0.4 is 5.73 Å². The molecule has 0 aliphatic heterocycles. The van der Waals surface area contributed by atoms with Crippen LogP contribution in [0.15, 0.2) is 24.3 Å². The third-order valence-corrected chi connectivity index (χ3v) is 3.09. The average Bonchev–Trinajstić information content (AvgIpc) is 2.13. The lowest BCUT2D eigenvalue weighted by atomic mass is 9.86. The van der Waals surface area contributed by atoms with Crippen LogP contribution in [0.25, 0.3) is 0 Å². The maximum absolute atomic E-state index is 12.9. The van der Waals surface area contributed by atoms with Crippen molar-refractivity contribution in [3.8, 4) is 0 Å². The zero-order valence-electron chi connectivity index (χ0n) is 9.40. The predicted molar refractivity (Wildman–Crippen MR) is 66.1 cm³/mol. The molecule has 1 fully saturated rings. The zero-order chi connectivity index (χ0) is 10.8. The topological polar surface area (TPSA) is 29.3 Å². The van der Waals surface area contributed by atoms with Crippen LogP contribution in [-0.4, -0.2) is 24.0 Å². The van der Waals surface area contributed by atoms with Crippen LogP contribution in [0.2, 0.25) is 0 Å². The fraction of sp³-hybridized carbons (Fsp3) is 0.500. The van der Waals surface area contributed by atoms with Gasteiger partial charge in [0.2, 0.25) is 0 Å². The van der Waals surface area contributed by atoms with Crippen LogP contribution >= 0.6 is 12.4 Å².